The third kappa shape index (κ3) is 4.65. The number of amidine groups is 1. The topological polar surface area (TPSA) is 63.2 Å². The zero-order valence-electron chi connectivity index (χ0n) is 13.3. The summed E-state index contributed by atoms with van der Waals surface area (Å²) in [5.41, 5.74) is 0. The summed E-state index contributed by atoms with van der Waals surface area (Å²) in [6, 6.07) is 9.78. The van der Waals surface area contributed by atoms with Crippen LogP contribution in [0, 0.1) is 0 Å². The van der Waals surface area contributed by atoms with Crippen LogP contribution in [-0.2, 0) is 4.74 Å². The fourth-order valence-corrected chi connectivity index (χ4v) is 1.99. The molecule has 2 rings (SSSR count). The number of carbonyl (C=O) groups excluding carboxylic acids is 1. The predicted octanol–water partition coefficient (Wildman–Crippen LogP) is 2.26. The fourth-order valence-electron chi connectivity index (χ4n) is 1.99. The van der Waals surface area contributed by atoms with E-state index in [1.807, 2.05) is 44.2 Å². The van der Waals surface area contributed by atoms with Gasteiger partial charge in [-0.1, -0.05) is 18.2 Å². The van der Waals surface area contributed by atoms with Gasteiger partial charge in [0.05, 0.1) is 0 Å². The van der Waals surface area contributed by atoms with Crippen molar-refractivity contribution in [1.29, 1.82) is 0 Å². The molecule has 0 saturated carbocycles. The molecule has 1 atom stereocenters. The molecule has 6 nitrogen and oxygen atoms in total. The molecule has 0 spiro atoms. The van der Waals surface area contributed by atoms with E-state index < -0.39 is 0 Å². The molecule has 0 aromatic heterocycles. The van der Waals surface area contributed by atoms with E-state index in [0.29, 0.717) is 19.2 Å². The van der Waals surface area contributed by atoms with E-state index in [2.05, 4.69) is 10.3 Å². The van der Waals surface area contributed by atoms with E-state index in [-0.39, 0.29) is 18.2 Å². The smallest absolute Gasteiger partial charge is 0.325 e. The second-order valence-electron chi connectivity index (χ2n) is 5.48. The van der Waals surface area contributed by atoms with Gasteiger partial charge in [-0.3, -0.25) is 4.90 Å². The number of para-hydroxylation sites is 1. The van der Waals surface area contributed by atoms with Gasteiger partial charge in [-0.2, -0.15) is 0 Å². The molecule has 0 saturated heterocycles. The van der Waals surface area contributed by atoms with Gasteiger partial charge in [0.2, 0.25) is 0 Å². The molecule has 0 fully saturated rings. The van der Waals surface area contributed by atoms with E-state index in [4.69, 9.17) is 9.47 Å². The highest BCUT2D eigenvalue weighted by Gasteiger charge is 2.24. The molecule has 0 aliphatic carbocycles. The Kier molecular flexibility index (Phi) is 5.63. The Bertz CT molecular complexity index is 517. The van der Waals surface area contributed by atoms with Crippen molar-refractivity contribution in [3.05, 3.63) is 30.3 Å². The third-order valence-electron chi connectivity index (χ3n) is 3.15. The average Bonchev–Trinajstić information content (AvgIpc) is 2.53. The van der Waals surface area contributed by atoms with E-state index in [1.165, 1.54) is 4.90 Å². The first-order valence-corrected chi connectivity index (χ1v) is 7.49. The second-order valence-corrected chi connectivity index (χ2v) is 5.48. The summed E-state index contributed by atoms with van der Waals surface area (Å²) in [5.74, 6) is 0.807. The van der Waals surface area contributed by atoms with Crippen molar-refractivity contribution in [1.82, 2.24) is 10.2 Å². The first-order chi connectivity index (χ1) is 10.6. The maximum Gasteiger partial charge on any atom is 0.325 e. The summed E-state index contributed by atoms with van der Waals surface area (Å²) in [4.78, 5) is 17.6. The van der Waals surface area contributed by atoms with Gasteiger partial charge in [-0.05, 0) is 26.0 Å². The number of nitrogens with one attached hydrogen (secondary N) is 1. The zero-order valence-corrected chi connectivity index (χ0v) is 13.3. The van der Waals surface area contributed by atoms with Crippen molar-refractivity contribution < 1.29 is 14.3 Å². The maximum absolute atomic E-state index is 12.0. The quantitative estimate of drug-likeness (QED) is 0.928. The van der Waals surface area contributed by atoms with Crippen LogP contribution in [0.15, 0.2) is 35.3 Å². The van der Waals surface area contributed by atoms with Gasteiger partial charge in [0.25, 0.3) is 6.02 Å². The average molecular weight is 305 g/mol. The highest BCUT2D eigenvalue weighted by Crippen LogP contribution is 2.13. The number of ether oxygens (including phenoxy) is 2. The monoisotopic (exact) mass is 305 g/mol. The minimum Gasteiger partial charge on any atom is -0.490 e. The minimum atomic E-state index is -0.224. The van der Waals surface area contributed by atoms with Crippen LogP contribution in [0.4, 0.5) is 4.79 Å². The van der Waals surface area contributed by atoms with Gasteiger partial charge >= 0.3 is 6.03 Å². The first kappa shape index (κ1) is 16.1. The summed E-state index contributed by atoms with van der Waals surface area (Å²) in [6.45, 7) is 4.87. The zero-order chi connectivity index (χ0) is 15.9. The first-order valence-electron chi connectivity index (χ1n) is 7.49. The molecular formula is C16H23N3O3. The lowest BCUT2D eigenvalue weighted by Gasteiger charge is -2.28. The Morgan fingerprint density at radius 1 is 1.45 bits per heavy atom. The van der Waals surface area contributed by atoms with Gasteiger partial charge < -0.3 is 14.8 Å². The van der Waals surface area contributed by atoms with Crippen molar-refractivity contribution in [3.63, 3.8) is 0 Å². The second kappa shape index (κ2) is 7.68. The lowest BCUT2D eigenvalue weighted by Crippen LogP contribution is -2.47. The Morgan fingerprint density at radius 3 is 2.86 bits per heavy atom. The molecule has 1 N–H and O–H groups in total. The lowest BCUT2D eigenvalue weighted by atomic mass is 10.2. The molecule has 1 aliphatic rings. The SMILES string of the molecule is CC(C)NC(=O)N(C)C1=NCCC(COc2ccccc2)O1. The van der Waals surface area contributed by atoms with Gasteiger partial charge in [-0.25, -0.2) is 9.79 Å². The molecule has 0 radical (unpaired) electrons. The van der Waals surface area contributed by atoms with E-state index in [9.17, 15) is 4.79 Å². The maximum atomic E-state index is 12.0. The summed E-state index contributed by atoms with van der Waals surface area (Å²) < 4.78 is 11.5. The van der Waals surface area contributed by atoms with Crippen molar-refractivity contribution in [2.75, 3.05) is 20.2 Å². The van der Waals surface area contributed by atoms with Gasteiger partial charge in [-0.15, -0.1) is 0 Å². The number of nitrogens with zero attached hydrogens (tertiary/aromatic N) is 2. The molecule has 0 bridgehead atoms. The van der Waals surface area contributed by atoms with E-state index in [1.54, 1.807) is 7.05 Å². The Labute approximate surface area is 131 Å². The van der Waals surface area contributed by atoms with Crippen molar-refractivity contribution in [3.8, 4) is 5.75 Å². The van der Waals surface area contributed by atoms with Crippen molar-refractivity contribution in [2.45, 2.75) is 32.4 Å². The summed E-state index contributed by atoms with van der Waals surface area (Å²) in [6.07, 6.45) is 0.665. The number of aliphatic imine (C=N–C) groups is 1. The molecule has 1 aromatic rings. The van der Waals surface area contributed by atoms with Crippen LogP contribution in [0.3, 0.4) is 0 Å². The van der Waals surface area contributed by atoms with Crippen LogP contribution in [0.5, 0.6) is 5.75 Å². The van der Waals surface area contributed by atoms with Gasteiger partial charge in [0.1, 0.15) is 18.5 Å². The number of amides is 2. The number of hydrogen-bond donors (Lipinski definition) is 1. The Hall–Kier alpha value is -2.24. The van der Waals surface area contributed by atoms with E-state index >= 15 is 0 Å². The molecule has 1 aliphatic heterocycles. The van der Waals surface area contributed by atoms with Crippen molar-refractivity contribution in [2.24, 2.45) is 4.99 Å². The molecule has 120 valence electrons. The lowest BCUT2D eigenvalue weighted by molar-refractivity contribution is 0.0863. The number of benzene rings is 1. The molecule has 1 heterocycles. The van der Waals surface area contributed by atoms with Crippen LogP contribution < -0.4 is 10.1 Å². The largest absolute Gasteiger partial charge is 0.490 e. The molecule has 6 heteroatoms. The molecular weight excluding hydrogens is 282 g/mol. The summed E-state index contributed by atoms with van der Waals surface area (Å²) in [7, 11) is 1.65. The minimum absolute atomic E-state index is 0.0661. The number of rotatable bonds is 4. The standard InChI is InChI=1S/C16H23N3O3/c1-12(2)18-15(20)19(3)16-17-10-9-14(22-16)11-21-13-7-5-4-6-8-13/h4-8,12,14H,9-11H2,1-3H3,(H,18,20). The summed E-state index contributed by atoms with van der Waals surface area (Å²) in [5, 5.41) is 2.81. The molecule has 2 amide bonds. The normalized spacial score (nSPS) is 17.5. The molecule has 1 unspecified atom stereocenters. The van der Waals surface area contributed by atoms with Crippen LogP contribution >= 0.6 is 0 Å². The van der Waals surface area contributed by atoms with Crippen LogP contribution in [0.1, 0.15) is 20.3 Å². The van der Waals surface area contributed by atoms with Crippen LogP contribution in [0.25, 0.3) is 0 Å². The number of carbonyl (C=O) groups is 1. The predicted molar refractivity (Wildman–Crippen MR) is 85.2 cm³/mol. The Balaban J connectivity index is 1.85. The number of urea groups is 1. The Morgan fingerprint density at radius 2 is 2.18 bits per heavy atom. The molecule has 1 aromatic carbocycles. The van der Waals surface area contributed by atoms with Crippen LogP contribution in [-0.4, -0.2) is 49.3 Å². The van der Waals surface area contributed by atoms with Gasteiger partial charge in [0.15, 0.2) is 0 Å². The van der Waals surface area contributed by atoms with Crippen molar-refractivity contribution >= 4 is 12.1 Å². The highest BCUT2D eigenvalue weighted by atomic mass is 16.5. The molecule has 22 heavy (non-hydrogen) atoms. The number of hydrogen-bond acceptors (Lipinski definition) is 4. The van der Waals surface area contributed by atoms with E-state index in [0.717, 1.165) is 12.2 Å². The fraction of sp³-hybridized carbons (Fsp3) is 0.500. The van der Waals surface area contributed by atoms with Crippen LogP contribution in [0.2, 0.25) is 0 Å². The summed E-state index contributed by atoms with van der Waals surface area (Å²) >= 11 is 0. The third-order valence-corrected chi connectivity index (χ3v) is 3.15. The highest BCUT2D eigenvalue weighted by molar-refractivity contribution is 5.93. The van der Waals surface area contributed by atoms with Gasteiger partial charge in [0, 0.05) is 26.1 Å².